The van der Waals surface area contributed by atoms with E-state index >= 15 is 0 Å². The molecule has 0 aliphatic heterocycles. The van der Waals surface area contributed by atoms with Crippen LogP contribution < -0.4 is 5.43 Å². The van der Waals surface area contributed by atoms with Crippen LogP contribution in [0.2, 0.25) is 0 Å². The highest BCUT2D eigenvalue weighted by molar-refractivity contribution is 9.10. The quantitative estimate of drug-likeness (QED) is 0.911. The van der Waals surface area contributed by atoms with E-state index < -0.39 is 0 Å². The molecule has 1 N–H and O–H groups in total. The fraction of sp³-hybridized carbons (Fsp3) is 0.286. The zero-order chi connectivity index (χ0) is 11.7. The molecule has 3 rings (SSSR count). The molecular formula is C14H15BrN2. The summed E-state index contributed by atoms with van der Waals surface area (Å²) in [4.78, 5) is 0. The standard InChI is InChI=1S/C14H15BrN2/c15-13-5-3-11(4-6-13)12-9-14(10-12)16-17-7-1-2-8-17/h1-8,12,14,16H,9-10H2. The Balaban J connectivity index is 1.56. The first-order valence-corrected chi connectivity index (χ1v) is 6.75. The van der Waals surface area contributed by atoms with Crippen LogP contribution in [0.4, 0.5) is 0 Å². The van der Waals surface area contributed by atoms with Crippen molar-refractivity contribution in [1.29, 1.82) is 0 Å². The molecule has 0 atom stereocenters. The lowest BCUT2D eigenvalue weighted by Crippen LogP contribution is -2.38. The first kappa shape index (κ1) is 10.9. The van der Waals surface area contributed by atoms with Crippen LogP contribution in [0.3, 0.4) is 0 Å². The Labute approximate surface area is 110 Å². The number of hydrogen-bond acceptors (Lipinski definition) is 1. The minimum Gasteiger partial charge on any atom is -0.323 e. The van der Waals surface area contributed by atoms with Crippen molar-refractivity contribution in [3.8, 4) is 0 Å². The SMILES string of the molecule is Brc1ccc(C2CC(Nn3cccc3)C2)cc1. The van der Waals surface area contributed by atoms with Crippen LogP contribution in [0.1, 0.15) is 24.3 Å². The summed E-state index contributed by atoms with van der Waals surface area (Å²) < 4.78 is 3.20. The third-order valence-corrected chi connectivity index (χ3v) is 3.94. The lowest BCUT2D eigenvalue weighted by Gasteiger charge is -2.37. The van der Waals surface area contributed by atoms with Crippen molar-refractivity contribution >= 4 is 15.9 Å². The van der Waals surface area contributed by atoms with Crippen molar-refractivity contribution in [2.45, 2.75) is 24.8 Å². The summed E-state index contributed by atoms with van der Waals surface area (Å²) in [6, 6.07) is 13.4. The Kier molecular flexibility index (Phi) is 2.93. The van der Waals surface area contributed by atoms with Gasteiger partial charge in [-0.1, -0.05) is 28.1 Å². The van der Waals surface area contributed by atoms with Crippen LogP contribution in [0.25, 0.3) is 0 Å². The minimum atomic E-state index is 0.607. The van der Waals surface area contributed by atoms with Crippen LogP contribution in [0.5, 0.6) is 0 Å². The predicted octanol–water partition coefficient (Wildman–Crippen LogP) is 3.74. The molecule has 1 saturated carbocycles. The van der Waals surface area contributed by atoms with Gasteiger partial charge in [-0.25, -0.2) is 0 Å². The molecule has 1 aliphatic carbocycles. The van der Waals surface area contributed by atoms with Gasteiger partial charge in [-0.3, -0.25) is 4.68 Å². The van der Waals surface area contributed by atoms with Gasteiger partial charge in [0, 0.05) is 22.9 Å². The van der Waals surface area contributed by atoms with E-state index in [9.17, 15) is 0 Å². The van der Waals surface area contributed by atoms with E-state index in [2.05, 4.69) is 45.6 Å². The smallest absolute Gasteiger partial charge is 0.0436 e. The molecular weight excluding hydrogens is 276 g/mol. The van der Waals surface area contributed by atoms with Gasteiger partial charge in [0.2, 0.25) is 0 Å². The maximum absolute atomic E-state index is 3.48. The Morgan fingerprint density at radius 2 is 1.71 bits per heavy atom. The van der Waals surface area contributed by atoms with Gasteiger partial charge in [0.15, 0.2) is 0 Å². The fourth-order valence-corrected chi connectivity index (χ4v) is 2.63. The van der Waals surface area contributed by atoms with Gasteiger partial charge in [0.1, 0.15) is 0 Å². The van der Waals surface area contributed by atoms with Gasteiger partial charge in [0.25, 0.3) is 0 Å². The molecule has 0 bridgehead atoms. The van der Waals surface area contributed by atoms with Gasteiger partial charge < -0.3 is 5.43 Å². The molecule has 0 spiro atoms. The van der Waals surface area contributed by atoms with E-state index in [4.69, 9.17) is 0 Å². The number of nitrogens with zero attached hydrogens (tertiary/aromatic N) is 1. The third kappa shape index (κ3) is 2.39. The van der Waals surface area contributed by atoms with Gasteiger partial charge in [-0.2, -0.15) is 0 Å². The van der Waals surface area contributed by atoms with E-state index in [1.165, 1.54) is 18.4 Å². The summed E-state index contributed by atoms with van der Waals surface area (Å²) in [5.41, 5.74) is 4.93. The van der Waals surface area contributed by atoms with Crippen molar-refractivity contribution in [1.82, 2.24) is 4.68 Å². The maximum Gasteiger partial charge on any atom is 0.0436 e. The highest BCUT2D eigenvalue weighted by Gasteiger charge is 2.30. The van der Waals surface area contributed by atoms with Gasteiger partial charge in [0.05, 0.1) is 0 Å². The van der Waals surface area contributed by atoms with Crippen LogP contribution in [-0.4, -0.2) is 10.7 Å². The topological polar surface area (TPSA) is 17.0 Å². The molecule has 2 aromatic rings. The number of nitrogens with one attached hydrogen (secondary N) is 1. The molecule has 0 radical (unpaired) electrons. The Morgan fingerprint density at radius 1 is 1.06 bits per heavy atom. The normalized spacial score (nSPS) is 23.1. The van der Waals surface area contributed by atoms with Gasteiger partial charge >= 0.3 is 0 Å². The zero-order valence-electron chi connectivity index (χ0n) is 9.51. The number of rotatable bonds is 3. The van der Waals surface area contributed by atoms with Crippen LogP contribution >= 0.6 is 15.9 Å². The van der Waals surface area contributed by atoms with E-state index in [1.54, 1.807) is 0 Å². The molecule has 0 amide bonds. The number of benzene rings is 1. The van der Waals surface area contributed by atoms with E-state index in [-0.39, 0.29) is 0 Å². The number of hydrogen-bond donors (Lipinski definition) is 1. The first-order chi connectivity index (χ1) is 8.31. The monoisotopic (exact) mass is 290 g/mol. The first-order valence-electron chi connectivity index (χ1n) is 5.96. The second kappa shape index (κ2) is 4.57. The number of halogens is 1. The van der Waals surface area contributed by atoms with E-state index in [0.29, 0.717) is 6.04 Å². The summed E-state index contributed by atoms with van der Waals surface area (Å²) in [6.07, 6.45) is 6.54. The molecule has 3 heteroatoms. The lowest BCUT2D eigenvalue weighted by molar-refractivity contribution is 0.352. The second-order valence-corrected chi connectivity index (χ2v) is 5.55. The van der Waals surface area contributed by atoms with Gasteiger partial charge in [-0.05, 0) is 48.6 Å². The van der Waals surface area contributed by atoms with Crippen molar-refractivity contribution in [2.75, 3.05) is 5.43 Å². The van der Waals surface area contributed by atoms with Crippen LogP contribution in [-0.2, 0) is 0 Å². The van der Waals surface area contributed by atoms with Crippen molar-refractivity contribution in [3.05, 3.63) is 58.8 Å². The molecule has 1 aliphatic rings. The summed E-state index contributed by atoms with van der Waals surface area (Å²) in [5, 5.41) is 0. The van der Waals surface area contributed by atoms with Gasteiger partial charge in [-0.15, -0.1) is 0 Å². The highest BCUT2D eigenvalue weighted by atomic mass is 79.9. The molecule has 0 saturated heterocycles. The van der Waals surface area contributed by atoms with Crippen molar-refractivity contribution in [2.24, 2.45) is 0 Å². The Hall–Kier alpha value is -1.22. The average molecular weight is 291 g/mol. The van der Waals surface area contributed by atoms with Crippen LogP contribution in [0, 0.1) is 0 Å². The molecule has 1 aromatic heterocycles. The lowest BCUT2D eigenvalue weighted by atomic mass is 9.76. The Bertz CT molecular complexity index is 469. The summed E-state index contributed by atoms with van der Waals surface area (Å²) in [6.45, 7) is 0. The molecule has 17 heavy (non-hydrogen) atoms. The molecule has 88 valence electrons. The largest absolute Gasteiger partial charge is 0.323 e. The molecule has 0 unspecified atom stereocenters. The average Bonchev–Trinajstić information content (AvgIpc) is 2.77. The zero-order valence-corrected chi connectivity index (χ0v) is 11.1. The predicted molar refractivity (Wildman–Crippen MR) is 73.7 cm³/mol. The molecule has 2 nitrogen and oxygen atoms in total. The minimum absolute atomic E-state index is 0.607. The molecule has 1 fully saturated rings. The van der Waals surface area contributed by atoms with Crippen molar-refractivity contribution in [3.63, 3.8) is 0 Å². The Morgan fingerprint density at radius 3 is 2.35 bits per heavy atom. The fourth-order valence-electron chi connectivity index (χ4n) is 2.36. The molecule has 1 heterocycles. The van der Waals surface area contributed by atoms with E-state index in [0.717, 1.165) is 10.4 Å². The highest BCUT2D eigenvalue weighted by Crippen LogP contribution is 2.37. The van der Waals surface area contributed by atoms with E-state index in [1.807, 2.05) is 29.2 Å². The summed E-state index contributed by atoms with van der Waals surface area (Å²) >= 11 is 3.47. The summed E-state index contributed by atoms with van der Waals surface area (Å²) in [7, 11) is 0. The molecule has 1 aromatic carbocycles. The summed E-state index contributed by atoms with van der Waals surface area (Å²) in [5.74, 6) is 0.719. The number of aromatic nitrogens is 1. The van der Waals surface area contributed by atoms with Crippen molar-refractivity contribution < 1.29 is 0 Å². The third-order valence-electron chi connectivity index (χ3n) is 3.42. The van der Waals surface area contributed by atoms with Crippen LogP contribution in [0.15, 0.2) is 53.3 Å². The second-order valence-electron chi connectivity index (χ2n) is 4.64. The maximum atomic E-state index is 3.48.